The van der Waals surface area contributed by atoms with Crippen molar-refractivity contribution in [1.29, 1.82) is 0 Å². The highest BCUT2D eigenvalue weighted by atomic mass is 16.5. The minimum absolute atomic E-state index is 0.0416. The van der Waals surface area contributed by atoms with Gasteiger partial charge >= 0.3 is 0 Å². The van der Waals surface area contributed by atoms with Crippen molar-refractivity contribution in [3.8, 4) is 17.2 Å². The maximum atomic E-state index is 11.3. The lowest BCUT2D eigenvalue weighted by Gasteiger charge is -2.04. The Balaban J connectivity index is 1.69. The van der Waals surface area contributed by atoms with Crippen molar-refractivity contribution in [3.05, 3.63) is 60.0 Å². The first-order valence-electron chi connectivity index (χ1n) is 7.48. The molecule has 1 N–H and O–H groups in total. The zero-order valence-electron chi connectivity index (χ0n) is 13.4. The van der Waals surface area contributed by atoms with Gasteiger partial charge in [0.2, 0.25) is 5.89 Å². The molecule has 1 aromatic heterocycles. The van der Waals surface area contributed by atoms with E-state index in [2.05, 4.69) is 15.5 Å². The van der Waals surface area contributed by atoms with Crippen LogP contribution in [0.2, 0.25) is 0 Å². The van der Waals surface area contributed by atoms with Crippen molar-refractivity contribution in [2.75, 3.05) is 12.4 Å². The van der Waals surface area contributed by atoms with E-state index in [1.807, 2.05) is 36.4 Å². The number of carbonyl (C=O) groups is 1. The lowest BCUT2D eigenvalue weighted by atomic mass is 10.1. The third-order valence-corrected chi connectivity index (χ3v) is 3.54. The molecular weight excluding hydrogens is 306 g/mol. The van der Waals surface area contributed by atoms with Gasteiger partial charge in [0.05, 0.1) is 19.2 Å². The van der Waals surface area contributed by atoms with E-state index in [1.165, 1.54) is 0 Å². The van der Waals surface area contributed by atoms with Crippen LogP contribution in [-0.4, -0.2) is 23.1 Å². The van der Waals surface area contributed by atoms with Crippen LogP contribution in [0.4, 0.5) is 5.69 Å². The number of rotatable bonds is 6. The summed E-state index contributed by atoms with van der Waals surface area (Å²) in [5.74, 6) is 1.60. The summed E-state index contributed by atoms with van der Waals surface area (Å²) < 4.78 is 11.0. The molecule has 0 aliphatic carbocycles. The lowest BCUT2D eigenvalue weighted by molar-refractivity contribution is 0.101. The van der Waals surface area contributed by atoms with Crippen molar-refractivity contribution in [2.45, 2.75) is 13.5 Å². The average Bonchev–Trinajstić information content (AvgIpc) is 3.09. The fourth-order valence-corrected chi connectivity index (χ4v) is 2.26. The van der Waals surface area contributed by atoms with Gasteiger partial charge in [-0.15, -0.1) is 10.2 Å². The van der Waals surface area contributed by atoms with E-state index in [-0.39, 0.29) is 5.78 Å². The van der Waals surface area contributed by atoms with Gasteiger partial charge in [0, 0.05) is 11.3 Å². The number of ketones is 1. The van der Waals surface area contributed by atoms with Crippen LogP contribution >= 0.6 is 0 Å². The molecule has 0 aliphatic rings. The predicted octanol–water partition coefficient (Wildman–Crippen LogP) is 3.56. The van der Waals surface area contributed by atoms with Crippen LogP contribution in [0.15, 0.2) is 52.9 Å². The van der Waals surface area contributed by atoms with Crippen molar-refractivity contribution in [2.24, 2.45) is 0 Å². The first-order chi connectivity index (χ1) is 11.7. The molecule has 0 radical (unpaired) electrons. The van der Waals surface area contributed by atoms with Crippen molar-refractivity contribution < 1.29 is 13.9 Å². The molecule has 6 nitrogen and oxygen atoms in total. The predicted molar refractivity (Wildman–Crippen MR) is 90.1 cm³/mol. The molecule has 122 valence electrons. The maximum Gasteiger partial charge on any atom is 0.251 e. The number of para-hydroxylation sites is 1. The fraction of sp³-hybridized carbons (Fsp3) is 0.167. The van der Waals surface area contributed by atoms with E-state index >= 15 is 0 Å². The number of anilines is 1. The second kappa shape index (κ2) is 6.95. The molecule has 0 amide bonds. The molecule has 0 bridgehead atoms. The van der Waals surface area contributed by atoms with Gasteiger partial charge in [-0.3, -0.25) is 4.79 Å². The van der Waals surface area contributed by atoms with Crippen LogP contribution in [0.25, 0.3) is 11.5 Å². The summed E-state index contributed by atoms with van der Waals surface area (Å²) in [7, 11) is 1.60. The molecule has 1 heterocycles. The van der Waals surface area contributed by atoms with Crippen molar-refractivity contribution in [1.82, 2.24) is 10.2 Å². The van der Waals surface area contributed by atoms with Crippen molar-refractivity contribution in [3.63, 3.8) is 0 Å². The van der Waals surface area contributed by atoms with Crippen LogP contribution in [-0.2, 0) is 6.54 Å². The summed E-state index contributed by atoms with van der Waals surface area (Å²) in [6, 6.07) is 14.7. The quantitative estimate of drug-likeness (QED) is 0.699. The largest absolute Gasteiger partial charge is 0.496 e. The average molecular weight is 323 g/mol. The molecular formula is C18H17N3O3. The number of nitrogens with one attached hydrogen (secondary N) is 1. The van der Waals surface area contributed by atoms with E-state index < -0.39 is 0 Å². The number of hydrogen-bond donors (Lipinski definition) is 1. The smallest absolute Gasteiger partial charge is 0.251 e. The van der Waals surface area contributed by atoms with Gasteiger partial charge < -0.3 is 14.5 Å². The van der Waals surface area contributed by atoms with Crippen molar-refractivity contribution >= 4 is 11.5 Å². The molecule has 0 aliphatic heterocycles. The molecule has 3 aromatic rings. The highest BCUT2D eigenvalue weighted by Crippen LogP contribution is 2.28. The summed E-state index contributed by atoms with van der Waals surface area (Å²) in [6.45, 7) is 1.93. The Hall–Kier alpha value is -3.15. The second-order valence-corrected chi connectivity index (χ2v) is 5.19. The van der Waals surface area contributed by atoms with E-state index in [0.717, 1.165) is 11.3 Å². The number of Topliss-reactive ketones (excluding diaryl/α,β-unsaturated/α-hetero) is 1. The maximum absolute atomic E-state index is 11.3. The van der Waals surface area contributed by atoms with Gasteiger partial charge in [-0.1, -0.05) is 12.1 Å². The minimum atomic E-state index is 0.0416. The Labute approximate surface area is 139 Å². The Morgan fingerprint density at radius 2 is 1.88 bits per heavy atom. The first kappa shape index (κ1) is 15.7. The van der Waals surface area contributed by atoms with Gasteiger partial charge in [0.25, 0.3) is 5.89 Å². The molecule has 0 saturated heterocycles. The van der Waals surface area contributed by atoms with Crippen LogP contribution in [0, 0.1) is 0 Å². The molecule has 6 heteroatoms. The number of hydrogen-bond acceptors (Lipinski definition) is 6. The van der Waals surface area contributed by atoms with Gasteiger partial charge in [-0.2, -0.15) is 0 Å². The summed E-state index contributed by atoms with van der Waals surface area (Å²) in [6.07, 6.45) is 0. The number of aromatic nitrogens is 2. The highest BCUT2D eigenvalue weighted by molar-refractivity contribution is 5.94. The Morgan fingerprint density at radius 3 is 2.58 bits per heavy atom. The Kier molecular flexibility index (Phi) is 4.56. The van der Waals surface area contributed by atoms with Crippen LogP contribution in [0.5, 0.6) is 5.75 Å². The van der Waals surface area contributed by atoms with E-state index in [1.54, 1.807) is 26.2 Å². The van der Waals surface area contributed by atoms with Gasteiger partial charge in [-0.25, -0.2) is 0 Å². The van der Waals surface area contributed by atoms with E-state index in [9.17, 15) is 4.79 Å². The number of methoxy groups -OCH3 is 1. The number of carbonyl (C=O) groups excluding carboxylic acids is 1. The number of nitrogens with zero attached hydrogens (tertiary/aromatic N) is 2. The molecule has 0 unspecified atom stereocenters. The van der Waals surface area contributed by atoms with E-state index in [4.69, 9.17) is 9.15 Å². The Morgan fingerprint density at radius 1 is 1.12 bits per heavy atom. The third-order valence-electron chi connectivity index (χ3n) is 3.54. The van der Waals surface area contributed by atoms with Gasteiger partial charge in [0.15, 0.2) is 5.78 Å². The lowest BCUT2D eigenvalue weighted by Crippen LogP contribution is -2.00. The van der Waals surface area contributed by atoms with Crippen LogP contribution < -0.4 is 10.1 Å². The van der Waals surface area contributed by atoms with E-state index in [0.29, 0.717) is 29.6 Å². The minimum Gasteiger partial charge on any atom is -0.496 e. The fourth-order valence-electron chi connectivity index (χ4n) is 2.26. The van der Waals surface area contributed by atoms with Gasteiger partial charge in [-0.05, 0) is 43.3 Å². The molecule has 0 atom stereocenters. The first-order valence-corrected chi connectivity index (χ1v) is 7.48. The molecule has 0 spiro atoms. The second-order valence-electron chi connectivity index (χ2n) is 5.19. The zero-order valence-corrected chi connectivity index (χ0v) is 13.4. The zero-order chi connectivity index (χ0) is 16.9. The monoisotopic (exact) mass is 323 g/mol. The summed E-state index contributed by atoms with van der Waals surface area (Å²) >= 11 is 0. The molecule has 24 heavy (non-hydrogen) atoms. The standard InChI is InChI=1S/C18H17N3O3/c1-12(22)13-7-9-14(10-8-13)19-11-17-20-21-18(24-17)15-5-3-4-6-16(15)23-2/h3-10,19H,11H2,1-2H3. The summed E-state index contributed by atoms with van der Waals surface area (Å²) in [5.41, 5.74) is 2.30. The van der Waals surface area contributed by atoms with Crippen LogP contribution in [0.1, 0.15) is 23.2 Å². The molecule has 0 fully saturated rings. The third kappa shape index (κ3) is 3.43. The highest BCUT2D eigenvalue weighted by Gasteiger charge is 2.12. The van der Waals surface area contributed by atoms with Crippen LogP contribution in [0.3, 0.4) is 0 Å². The molecule has 0 saturated carbocycles. The van der Waals surface area contributed by atoms with Gasteiger partial charge in [0.1, 0.15) is 5.75 Å². The molecule has 2 aromatic carbocycles. The summed E-state index contributed by atoms with van der Waals surface area (Å²) in [5, 5.41) is 11.3. The normalized spacial score (nSPS) is 10.4. The topological polar surface area (TPSA) is 77.3 Å². The SMILES string of the molecule is COc1ccccc1-c1nnc(CNc2ccc(C(C)=O)cc2)o1. The number of ether oxygens (including phenoxy) is 1. The molecule has 3 rings (SSSR count). The number of benzene rings is 2. The summed E-state index contributed by atoms with van der Waals surface area (Å²) in [4.78, 5) is 11.3. The Bertz CT molecular complexity index is 841.